The lowest BCUT2D eigenvalue weighted by molar-refractivity contribution is -0.152. The van der Waals surface area contributed by atoms with Gasteiger partial charge in [0.15, 0.2) is 22.9 Å². The van der Waals surface area contributed by atoms with Crippen LogP contribution in [0.15, 0.2) is 16.7 Å². The number of furan rings is 1. The molecule has 0 saturated carbocycles. The lowest BCUT2D eigenvalue weighted by atomic mass is 9.74. The van der Waals surface area contributed by atoms with Crippen LogP contribution in [0.4, 0.5) is 0 Å². The molecule has 126 valence electrons. The fourth-order valence-electron chi connectivity index (χ4n) is 3.60. The second-order valence-corrected chi connectivity index (χ2v) is 6.07. The van der Waals surface area contributed by atoms with E-state index in [2.05, 4.69) is 0 Å². The van der Waals surface area contributed by atoms with Gasteiger partial charge in [0, 0.05) is 12.5 Å². The predicted molar refractivity (Wildman–Crippen MR) is 84.5 cm³/mol. The van der Waals surface area contributed by atoms with Crippen LogP contribution in [0.5, 0.6) is 11.5 Å². The van der Waals surface area contributed by atoms with Crippen LogP contribution >= 0.6 is 0 Å². The monoisotopic (exact) mass is 330 g/mol. The highest BCUT2D eigenvalue weighted by atomic mass is 16.6. The number of carbonyl (C=O) groups excluding carboxylic acids is 2. The third kappa shape index (κ3) is 1.95. The third-order valence-electron chi connectivity index (χ3n) is 4.39. The minimum Gasteiger partial charge on any atom is -0.504 e. The molecule has 0 amide bonds. The Morgan fingerprint density at radius 3 is 2.50 bits per heavy atom. The Hall–Kier alpha value is -2.76. The van der Waals surface area contributed by atoms with Crippen molar-refractivity contribution < 1.29 is 28.6 Å². The normalized spacial score (nSPS) is 18.8. The van der Waals surface area contributed by atoms with E-state index >= 15 is 0 Å². The Bertz CT molecular complexity index is 876. The average molecular weight is 330 g/mol. The van der Waals surface area contributed by atoms with Gasteiger partial charge < -0.3 is 19.0 Å². The predicted octanol–water partition coefficient (Wildman–Crippen LogP) is 2.98. The van der Waals surface area contributed by atoms with Gasteiger partial charge in [-0.25, -0.2) is 0 Å². The molecule has 6 nitrogen and oxygen atoms in total. The molecule has 24 heavy (non-hydrogen) atoms. The number of methoxy groups -OCH3 is 1. The number of ether oxygens (including phenoxy) is 2. The summed E-state index contributed by atoms with van der Waals surface area (Å²) in [7, 11) is 1.40. The summed E-state index contributed by atoms with van der Waals surface area (Å²) in [6.07, 6.45) is 1.44. The van der Waals surface area contributed by atoms with E-state index in [1.54, 1.807) is 26.8 Å². The molecule has 0 bridgehead atoms. The number of ketones is 1. The molecule has 0 fully saturated rings. The molecule has 6 heteroatoms. The molecule has 2 aromatic rings. The van der Waals surface area contributed by atoms with Crippen molar-refractivity contribution in [1.29, 1.82) is 0 Å². The number of hydrogen-bond acceptors (Lipinski definition) is 6. The largest absolute Gasteiger partial charge is 0.504 e. The van der Waals surface area contributed by atoms with Crippen molar-refractivity contribution >= 4 is 11.8 Å². The lowest BCUT2D eigenvalue weighted by Gasteiger charge is -2.36. The molecule has 1 aromatic heterocycles. The maximum atomic E-state index is 12.9. The Morgan fingerprint density at radius 2 is 1.92 bits per heavy atom. The maximum Gasteiger partial charge on any atom is 0.303 e. The first-order valence-corrected chi connectivity index (χ1v) is 7.46. The third-order valence-corrected chi connectivity index (χ3v) is 4.39. The number of hydrogen-bond donors (Lipinski definition) is 1. The van der Waals surface area contributed by atoms with Gasteiger partial charge in [0.2, 0.25) is 5.78 Å². The summed E-state index contributed by atoms with van der Waals surface area (Å²) in [6.45, 7) is 6.55. The Morgan fingerprint density at radius 1 is 1.25 bits per heavy atom. The summed E-state index contributed by atoms with van der Waals surface area (Å²) in [5, 5.41) is 10.5. The van der Waals surface area contributed by atoms with Gasteiger partial charge in [-0.2, -0.15) is 0 Å². The fraction of sp³-hybridized carbons (Fsp3) is 0.333. The molecule has 1 aromatic carbocycles. The van der Waals surface area contributed by atoms with Gasteiger partial charge in [0.05, 0.1) is 24.5 Å². The summed E-state index contributed by atoms with van der Waals surface area (Å²) in [5.41, 5.74) is 1.11. The minimum absolute atomic E-state index is 0.0393. The number of aromatic hydroxyl groups is 1. The molecule has 1 unspecified atom stereocenters. The summed E-state index contributed by atoms with van der Waals surface area (Å²) >= 11 is 0. The zero-order valence-corrected chi connectivity index (χ0v) is 14.1. The Labute approximate surface area is 139 Å². The molecule has 1 N–H and O–H groups in total. The molecule has 0 saturated heterocycles. The van der Waals surface area contributed by atoms with Crippen LogP contribution in [0, 0.1) is 13.8 Å². The molecule has 0 radical (unpaired) electrons. The first-order valence-electron chi connectivity index (χ1n) is 7.46. The van der Waals surface area contributed by atoms with Crippen LogP contribution in [-0.4, -0.2) is 24.0 Å². The number of phenols is 1. The van der Waals surface area contributed by atoms with Gasteiger partial charge in [0.25, 0.3) is 0 Å². The molecule has 1 aliphatic rings. The van der Waals surface area contributed by atoms with E-state index in [4.69, 9.17) is 13.9 Å². The molecular weight excluding hydrogens is 312 g/mol. The maximum absolute atomic E-state index is 12.9. The number of benzene rings is 1. The van der Waals surface area contributed by atoms with Crippen molar-refractivity contribution in [3.05, 3.63) is 45.9 Å². The van der Waals surface area contributed by atoms with Crippen molar-refractivity contribution in [2.75, 3.05) is 7.11 Å². The van der Waals surface area contributed by atoms with Crippen molar-refractivity contribution in [1.82, 2.24) is 0 Å². The van der Waals surface area contributed by atoms with Crippen LogP contribution in [0.2, 0.25) is 0 Å². The van der Waals surface area contributed by atoms with Crippen molar-refractivity contribution in [2.45, 2.75) is 33.3 Å². The highest BCUT2D eigenvalue weighted by Crippen LogP contribution is 2.50. The molecule has 1 atom stereocenters. The Balaban J connectivity index is 2.45. The van der Waals surface area contributed by atoms with Gasteiger partial charge >= 0.3 is 5.97 Å². The topological polar surface area (TPSA) is 86.0 Å². The standard InChI is InChI=1S/C18H18O6/c1-8-6-11(22-5)15(20)12-13(8)18(4,24-10(3)19)14-9(2)7-23-17(14)16(12)21/h6-7,20H,1-5H3. The smallest absolute Gasteiger partial charge is 0.303 e. The van der Waals surface area contributed by atoms with E-state index in [0.717, 1.165) is 0 Å². The van der Waals surface area contributed by atoms with Gasteiger partial charge in [-0.15, -0.1) is 0 Å². The van der Waals surface area contributed by atoms with Crippen LogP contribution in [-0.2, 0) is 15.1 Å². The van der Waals surface area contributed by atoms with Gasteiger partial charge in [0.1, 0.15) is 0 Å². The van der Waals surface area contributed by atoms with Crippen LogP contribution in [0.1, 0.15) is 52.2 Å². The molecule has 0 spiro atoms. The van der Waals surface area contributed by atoms with E-state index in [9.17, 15) is 14.7 Å². The van der Waals surface area contributed by atoms with Crippen molar-refractivity contribution in [3.63, 3.8) is 0 Å². The van der Waals surface area contributed by atoms with E-state index in [-0.39, 0.29) is 22.8 Å². The van der Waals surface area contributed by atoms with Crippen molar-refractivity contribution in [3.8, 4) is 11.5 Å². The number of esters is 1. The van der Waals surface area contributed by atoms with Gasteiger partial charge in [-0.3, -0.25) is 9.59 Å². The zero-order chi connectivity index (χ0) is 17.8. The quantitative estimate of drug-likeness (QED) is 0.852. The number of carbonyl (C=O) groups is 2. The number of rotatable bonds is 2. The Kier molecular flexibility index (Phi) is 3.44. The van der Waals surface area contributed by atoms with Crippen LogP contribution in [0.25, 0.3) is 0 Å². The highest BCUT2D eigenvalue weighted by molar-refractivity contribution is 6.14. The highest BCUT2D eigenvalue weighted by Gasteiger charge is 2.49. The van der Waals surface area contributed by atoms with E-state index in [1.807, 2.05) is 0 Å². The summed E-state index contributed by atoms with van der Waals surface area (Å²) in [4.78, 5) is 24.6. The van der Waals surface area contributed by atoms with Gasteiger partial charge in [-0.1, -0.05) is 0 Å². The molecule has 3 rings (SSSR count). The van der Waals surface area contributed by atoms with Crippen LogP contribution < -0.4 is 4.74 Å². The summed E-state index contributed by atoms with van der Waals surface area (Å²) in [5.74, 6) is -1.01. The molecule has 1 aliphatic carbocycles. The van der Waals surface area contributed by atoms with E-state index < -0.39 is 17.4 Å². The minimum atomic E-state index is -1.24. The first-order chi connectivity index (χ1) is 11.2. The first kappa shape index (κ1) is 16.1. The molecule has 0 aliphatic heterocycles. The lowest BCUT2D eigenvalue weighted by Crippen LogP contribution is -2.37. The average Bonchev–Trinajstić information content (AvgIpc) is 2.89. The van der Waals surface area contributed by atoms with Gasteiger partial charge in [-0.05, 0) is 38.0 Å². The summed E-state index contributed by atoms with van der Waals surface area (Å²) in [6, 6.07) is 1.61. The SMILES string of the molecule is COc1cc(C)c2c(c1O)C(=O)c1occ(C)c1C2(C)OC(C)=O. The number of aryl methyl sites for hydroxylation is 2. The molecular formula is C18H18O6. The zero-order valence-electron chi connectivity index (χ0n) is 14.1. The number of phenolic OH excluding ortho intramolecular Hbond substituents is 1. The second kappa shape index (κ2) is 5.12. The van der Waals surface area contributed by atoms with E-state index in [1.165, 1.54) is 20.3 Å². The number of fused-ring (bicyclic) bond motifs is 2. The fourth-order valence-corrected chi connectivity index (χ4v) is 3.60. The molecule has 1 heterocycles. The van der Waals surface area contributed by atoms with E-state index in [0.29, 0.717) is 22.3 Å². The summed E-state index contributed by atoms with van der Waals surface area (Å²) < 4.78 is 16.2. The van der Waals surface area contributed by atoms with Crippen molar-refractivity contribution in [2.24, 2.45) is 0 Å². The van der Waals surface area contributed by atoms with Crippen LogP contribution in [0.3, 0.4) is 0 Å². The second-order valence-electron chi connectivity index (χ2n) is 6.07.